The predicted octanol–water partition coefficient (Wildman–Crippen LogP) is 23.5. The van der Waals surface area contributed by atoms with Crippen LogP contribution >= 0.6 is 15.6 Å². The molecule has 2 unspecified atom stereocenters. The number of hydrogen-bond acceptors (Lipinski definition) is 15. The van der Waals surface area contributed by atoms with E-state index >= 15 is 0 Å². The van der Waals surface area contributed by atoms with Crippen LogP contribution in [0, 0.1) is 11.8 Å². The lowest BCUT2D eigenvalue weighted by molar-refractivity contribution is -0.161. The zero-order chi connectivity index (χ0) is 72.1. The molecule has 0 bridgehead atoms. The molecule has 0 aromatic carbocycles. The van der Waals surface area contributed by atoms with Gasteiger partial charge in [-0.15, -0.1) is 0 Å². The summed E-state index contributed by atoms with van der Waals surface area (Å²) in [6.45, 7) is 9.59. The fraction of sp³-hybridized carbons (Fsp3) is 0.949. The highest BCUT2D eigenvalue weighted by Crippen LogP contribution is 2.45. The maximum absolute atomic E-state index is 13.1. The monoisotopic (exact) mass is 1440 g/mol. The van der Waals surface area contributed by atoms with Gasteiger partial charge in [-0.05, 0) is 37.5 Å². The smallest absolute Gasteiger partial charge is 0.462 e. The van der Waals surface area contributed by atoms with Crippen LogP contribution in [0.15, 0.2) is 0 Å². The van der Waals surface area contributed by atoms with Crippen LogP contribution in [0.25, 0.3) is 0 Å². The van der Waals surface area contributed by atoms with Crippen molar-refractivity contribution in [2.75, 3.05) is 39.6 Å². The van der Waals surface area contributed by atoms with Crippen molar-refractivity contribution < 1.29 is 80.2 Å². The zero-order valence-electron chi connectivity index (χ0n) is 64.1. The topological polar surface area (TPSA) is 237 Å². The van der Waals surface area contributed by atoms with Gasteiger partial charge in [0.05, 0.1) is 26.4 Å². The first-order chi connectivity index (χ1) is 47.4. The quantitative estimate of drug-likeness (QED) is 0.0222. The molecule has 0 aliphatic carbocycles. The van der Waals surface area contributed by atoms with Crippen molar-refractivity contribution in [1.82, 2.24) is 0 Å². The number of carbonyl (C=O) groups is 4. The summed E-state index contributed by atoms with van der Waals surface area (Å²) >= 11 is 0. The van der Waals surface area contributed by atoms with Gasteiger partial charge in [-0.2, -0.15) is 0 Å². The van der Waals surface area contributed by atoms with Gasteiger partial charge in [0.15, 0.2) is 12.2 Å². The summed E-state index contributed by atoms with van der Waals surface area (Å²) in [5.74, 6) is -0.587. The van der Waals surface area contributed by atoms with Crippen LogP contribution in [-0.4, -0.2) is 96.7 Å². The van der Waals surface area contributed by atoms with Gasteiger partial charge in [0.1, 0.15) is 19.3 Å². The molecule has 3 N–H and O–H groups in total. The lowest BCUT2D eigenvalue weighted by atomic mass is 10.0. The van der Waals surface area contributed by atoms with Gasteiger partial charge in [-0.3, -0.25) is 37.3 Å². The summed E-state index contributed by atoms with van der Waals surface area (Å²) < 4.78 is 68.6. The molecule has 0 amide bonds. The molecular formula is C79H154O17P2. The Kier molecular flexibility index (Phi) is 69.3. The van der Waals surface area contributed by atoms with Gasteiger partial charge in [-0.25, -0.2) is 9.13 Å². The molecule has 0 rings (SSSR count). The van der Waals surface area contributed by atoms with Gasteiger partial charge in [0.25, 0.3) is 0 Å². The summed E-state index contributed by atoms with van der Waals surface area (Å²) in [5.41, 5.74) is 0. The molecule has 19 heteroatoms. The third-order valence-corrected chi connectivity index (χ3v) is 20.4. The van der Waals surface area contributed by atoms with Crippen molar-refractivity contribution in [3.63, 3.8) is 0 Å². The number of phosphoric ester groups is 2. The van der Waals surface area contributed by atoms with Crippen LogP contribution in [0.4, 0.5) is 0 Å². The molecule has 0 heterocycles. The first-order valence-electron chi connectivity index (χ1n) is 41.0. The summed E-state index contributed by atoms with van der Waals surface area (Å²) in [6, 6.07) is 0. The fourth-order valence-electron chi connectivity index (χ4n) is 12.2. The molecule has 0 saturated carbocycles. The number of rotatable bonds is 78. The second-order valence-corrected chi connectivity index (χ2v) is 32.3. The van der Waals surface area contributed by atoms with E-state index in [2.05, 4.69) is 41.5 Å². The maximum atomic E-state index is 13.1. The SMILES string of the molecule is CCCCCCCCCCCCCCCCCCCCCC(=O)OC[C@H](COP(=O)(O)OC[C@@H](O)COP(=O)(O)OC[C@@H](COC(=O)CCCCCCCCCCC)OC(=O)CCCCCCCCCCC(C)C)OC(=O)CCCCCCCCCCCCCCCCCCC(C)C. The molecular weight excluding hydrogens is 1280 g/mol. The van der Waals surface area contributed by atoms with Crippen molar-refractivity contribution in [3.8, 4) is 0 Å². The van der Waals surface area contributed by atoms with Gasteiger partial charge in [-0.1, -0.05) is 363 Å². The van der Waals surface area contributed by atoms with Gasteiger partial charge >= 0.3 is 39.5 Å². The summed E-state index contributed by atoms with van der Waals surface area (Å²) in [6.07, 6.45) is 59.8. The minimum Gasteiger partial charge on any atom is -0.462 e. The van der Waals surface area contributed by atoms with E-state index in [1.807, 2.05) is 0 Å². The third-order valence-electron chi connectivity index (χ3n) is 18.5. The molecule has 582 valence electrons. The van der Waals surface area contributed by atoms with Crippen LogP contribution in [0.1, 0.15) is 414 Å². The maximum Gasteiger partial charge on any atom is 0.472 e. The molecule has 0 saturated heterocycles. The molecule has 5 atom stereocenters. The Bertz CT molecular complexity index is 1890. The van der Waals surface area contributed by atoms with Gasteiger partial charge < -0.3 is 33.8 Å². The molecule has 0 aromatic heterocycles. The Morgan fingerprint density at radius 2 is 0.469 bits per heavy atom. The number of esters is 4. The highest BCUT2D eigenvalue weighted by Gasteiger charge is 2.30. The molecule has 0 aromatic rings. The van der Waals surface area contributed by atoms with E-state index < -0.39 is 97.5 Å². The zero-order valence-corrected chi connectivity index (χ0v) is 65.9. The lowest BCUT2D eigenvalue weighted by Gasteiger charge is -2.21. The van der Waals surface area contributed by atoms with Crippen LogP contribution < -0.4 is 0 Å². The van der Waals surface area contributed by atoms with Crippen LogP contribution in [0.5, 0.6) is 0 Å². The lowest BCUT2D eigenvalue weighted by Crippen LogP contribution is -2.30. The van der Waals surface area contributed by atoms with Crippen molar-refractivity contribution in [3.05, 3.63) is 0 Å². The van der Waals surface area contributed by atoms with Gasteiger partial charge in [0, 0.05) is 25.7 Å². The van der Waals surface area contributed by atoms with E-state index in [4.69, 9.17) is 37.0 Å². The second-order valence-electron chi connectivity index (χ2n) is 29.4. The second kappa shape index (κ2) is 70.7. The number of aliphatic hydroxyl groups is 1. The van der Waals surface area contributed by atoms with Crippen LogP contribution in [0.2, 0.25) is 0 Å². The third kappa shape index (κ3) is 72.4. The van der Waals surface area contributed by atoms with E-state index in [-0.39, 0.29) is 25.7 Å². The average Bonchev–Trinajstić information content (AvgIpc) is 1.11. The summed E-state index contributed by atoms with van der Waals surface area (Å²) in [7, 11) is -9.91. The Morgan fingerprint density at radius 1 is 0.276 bits per heavy atom. The Balaban J connectivity index is 5.20. The minimum absolute atomic E-state index is 0.105. The van der Waals surface area contributed by atoms with Crippen molar-refractivity contribution in [1.29, 1.82) is 0 Å². The highest BCUT2D eigenvalue weighted by molar-refractivity contribution is 7.47. The van der Waals surface area contributed by atoms with Gasteiger partial charge in [0.2, 0.25) is 0 Å². The van der Waals surface area contributed by atoms with Crippen molar-refractivity contribution >= 4 is 39.5 Å². The molecule has 0 aliphatic heterocycles. The minimum atomic E-state index is -4.96. The first kappa shape index (κ1) is 96.1. The number of carbonyl (C=O) groups excluding carboxylic acids is 4. The number of ether oxygens (including phenoxy) is 4. The highest BCUT2D eigenvalue weighted by atomic mass is 31.2. The number of aliphatic hydroxyl groups excluding tert-OH is 1. The van der Waals surface area contributed by atoms with E-state index in [0.29, 0.717) is 25.7 Å². The van der Waals surface area contributed by atoms with E-state index in [1.165, 1.54) is 231 Å². The van der Waals surface area contributed by atoms with Crippen LogP contribution in [0.3, 0.4) is 0 Å². The van der Waals surface area contributed by atoms with Crippen molar-refractivity contribution in [2.45, 2.75) is 432 Å². The Labute approximate surface area is 600 Å². The number of unbranched alkanes of at least 4 members (excludes halogenated alkanes) is 48. The predicted molar refractivity (Wildman–Crippen MR) is 400 cm³/mol. The standard InChI is InChI=1S/C79H154O17P2/c1-7-9-11-13-15-17-18-19-20-21-22-23-27-30-33-37-44-50-56-62-77(82)90-68-74(95-78(83)63-57-51-45-38-34-31-28-25-24-26-29-32-36-41-47-53-59-71(3)4)69-93-97(85,86)91-65-73(80)66-92-98(87,88)94-70-75(67-89-76(81)61-55-49-43-35-16-14-12-10-8-2)96-79(84)64-58-52-46-40-39-42-48-54-60-72(5)6/h71-75,80H,7-70H2,1-6H3,(H,85,86)(H,87,88)/t73-,74-,75-/m1/s1. The summed E-state index contributed by atoms with van der Waals surface area (Å²) in [4.78, 5) is 72.8. The first-order valence-corrected chi connectivity index (χ1v) is 44.0. The fourth-order valence-corrected chi connectivity index (χ4v) is 13.8. The van der Waals surface area contributed by atoms with Crippen LogP contribution in [-0.2, 0) is 65.4 Å². The van der Waals surface area contributed by atoms with Crippen molar-refractivity contribution in [2.24, 2.45) is 11.8 Å². The molecule has 17 nitrogen and oxygen atoms in total. The molecule has 0 fully saturated rings. The molecule has 0 aliphatic rings. The Morgan fingerprint density at radius 3 is 0.694 bits per heavy atom. The largest absolute Gasteiger partial charge is 0.472 e. The van der Waals surface area contributed by atoms with E-state index in [9.17, 15) is 43.2 Å². The van der Waals surface area contributed by atoms with E-state index in [1.54, 1.807) is 0 Å². The summed E-state index contributed by atoms with van der Waals surface area (Å²) in [5, 5.41) is 10.6. The molecule has 0 radical (unpaired) electrons. The Hall–Kier alpha value is -1.94. The number of hydrogen-bond donors (Lipinski definition) is 3. The van der Waals surface area contributed by atoms with E-state index in [0.717, 1.165) is 102 Å². The normalized spacial score (nSPS) is 13.9. The molecule has 0 spiro atoms. The molecule has 98 heavy (non-hydrogen) atoms. The number of phosphoric acid groups is 2. The average molecular weight is 1440 g/mol.